The highest BCUT2D eigenvalue weighted by Crippen LogP contribution is 2.27. The zero-order chi connectivity index (χ0) is 11.3. The molecule has 0 aliphatic rings. The molecule has 0 unspecified atom stereocenters. The van der Waals surface area contributed by atoms with Gasteiger partial charge in [0.15, 0.2) is 0 Å². The van der Waals surface area contributed by atoms with Gasteiger partial charge in [0.1, 0.15) is 0 Å². The summed E-state index contributed by atoms with van der Waals surface area (Å²) in [4.78, 5) is 2.28. The minimum atomic E-state index is 0.514. The molecule has 0 spiro atoms. The first-order valence-electron chi connectivity index (χ1n) is 5.32. The monoisotopic (exact) mass is 245 g/mol. The normalized spacial score (nSPS) is 10.4. The van der Waals surface area contributed by atoms with E-state index in [9.17, 15) is 0 Å². The summed E-state index contributed by atoms with van der Waals surface area (Å²) >= 11 is 12.0. The first kappa shape index (κ1) is 12.7. The largest absolute Gasteiger partial charge is 0.371 e. The van der Waals surface area contributed by atoms with Crippen LogP contribution in [0.15, 0.2) is 18.2 Å². The third kappa shape index (κ3) is 3.29. The Labute approximate surface area is 102 Å². The van der Waals surface area contributed by atoms with E-state index in [1.165, 1.54) is 0 Å². The molecule has 0 aromatic heterocycles. The van der Waals surface area contributed by atoms with E-state index in [0.717, 1.165) is 35.8 Å². The van der Waals surface area contributed by atoms with Crippen LogP contribution >= 0.6 is 23.2 Å². The van der Waals surface area contributed by atoms with Gasteiger partial charge in [-0.1, -0.05) is 24.6 Å². The fraction of sp³-hybridized carbons (Fsp3) is 0.500. The van der Waals surface area contributed by atoms with Crippen LogP contribution in [0.4, 0.5) is 5.69 Å². The fourth-order valence-corrected chi connectivity index (χ4v) is 2.10. The summed E-state index contributed by atoms with van der Waals surface area (Å²) in [6.07, 6.45) is 1.13. The van der Waals surface area contributed by atoms with Crippen LogP contribution in [-0.2, 0) is 5.88 Å². The molecule has 0 heterocycles. The molecule has 0 saturated heterocycles. The Hall–Kier alpha value is -0.400. The number of alkyl halides is 1. The van der Waals surface area contributed by atoms with Crippen molar-refractivity contribution in [2.24, 2.45) is 0 Å². The number of halogens is 2. The summed E-state index contributed by atoms with van der Waals surface area (Å²) in [6.45, 7) is 6.33. The topological polar surface area (TPSA) is 3.24 Å². The SMILES string of the molecule is CCCN(CC)c1ccc(CCl)cc1Cl. The molecule has 1 rings (SSSR count). The Kier molecular flexibility index (Phi) is 5.27. The molecule has 0 amide bonds. The lowest BCUT2D eigenvalue weighted by atomic mass is 10.2. The van der Waals surface area contributed by atoms with Crippen molar-refractivity contribution in [1.29, 1.82) is 0 Å². The van der Waals surface area contributed by atoms with Crippen LogP contribution in [0.5, 0.6) is 0 Å². The predicted molar refractivity (Wildman–Crippen MR) is 69.2 cm³/mol. The van der Waals surface area contributed by atoms with Crippen molar-refractivity contribution in [3.63, 3.8) is 0 Å². The second-order valence-corrected chi connectivity index (χ2v) is 4.17. The Morgan fingerprint density at radius 1 is 1.27 bits per heavy atom. The van der Waals surface area contributed by atoms with Crippen molar-refractivity contribution in [2.45, 2.75) is 26.1 Å². The van der Waals surface area contributed by atoms with E-state index in [-0.39, 0.29) is 0 Å². The number of anilines is 1. The summed E-state index contributed by atoms with van der Waals surface area (Å²) in [5.74, 6) is 0.514. The summed E-state index contributed by atoms with van der Waals surface area (Å²) in [6, 6.07) is 6.04. The quantitative estimate of drug-likeness (QED) is 0.699. The molecule has 0 saturated carbocycles. The van der Waals surface area contributed by atoms with Gasteiger partial charge in [-0.25, -0.2) is 0 Å². The lowest BCUT2D eigenvalue weighted by Gasteiger charge is -2.23. The van der Waals surface area contributed by atoms with Gasteiger partial charge in [0, 0.05) is 19.0 Å². The molecule has 0 fully saturated rings. The van der Waals surface area contributed by atoms with Crippen LogP contribution in [-0.4, -0.2) is 13.1 Å². The van der Waals surface area contributed by atoms with Crippen molar-refractivity contribution in [3.8, 4) is 0 Å². The maximum absolute atomic E-state index is 6.22. The zero-order valence-corrected chi connectivity index (χ0v) is 10.8. The zero-order valence-electron chi connectivity index (χ0n) is 9.26. The number of hydrogen-bond donors (Lipinski definition) is 0. The summed E-state index contributed by atoms with van der Waals surface area (Å²) in [5, 5.41) is 0.795. The highest BCUT2D eigenvalue weighted by atomic mass is 35.5. The average molecular weight is 246 g/mol. The van der Waals surface area contributed by atoms with Gasteiger partial charge in [0.05, 0.1) is 10.7 Å². The highest BCUT2D eigenvalue weighted by Gasteiger charge is 2.07. The second-order valence-electron chi connectivity index (χ2n) is 3.50. The molecule has 84 valence electrons. The van der Waals surface area contributed by atoms with E-state index in [0.29, 0.717) is 5.88 Å². The highest BCUT2D eigenvalue weighted by molar-refractivity contribution is 6.33. The number of benzene rings is 1. The van der Waals surface area contributed by atoms with Gasteiger partial charge < -0.3 is 4.90 Å². The number of hydrogen-bond acceptors (Lipinski definition) is 1. The maximum Gasteiger partial charge on any atom is 0.0642 e. The van der Waals surface area contributed by atoms with Gasteiger partial charge in [0.2, 0.25) is 0 Å². The lowest BCUT2D eigenvalue weighted by molar-refractivity contribution is 0.792. The number of rotatable bonds is 5. The van der Waals surface area contributed by atoms with Gasteiger partial charge in [-0.3, -0.25) is 0 Å². The molecule has 1 nitrogen and oxygen atoms in total. The Morgan fingerprint density at radius 3 is 2.47 bits per heavy atom. The van der Waals surface area contributed by atoms with Crippen molar-refractivity contribution < 1.29 is 0 Å². The van der Waals surface area contributed by atoms with Gasteiger partial charge >= 0.3 is 0 Å². The molecular formula is C12H17Cl2N. The van der Waals surface area contributed by atoms with Crippen LogP contribution in [0, 0.1) is 0 Å². The molecule has 1 aromatic carbocycles. The number of nitrogens with zero attached hydrogens (tertiary/aromatic N) is 1. The molecule has 0 bridgehead atoms. The van der Waals surface area contributed by atoms with E-state index >= 15 is 0 Å². The molecule has 3 heteroatoms. The van der Waals surface area contributed by atoms with Gasteiger partial charge in [-0.05, 0) is 31.0 Å². The minimum Gasteiger partial charge on any atom is -0.371 e. The van der Waals surface area contributed by atoms with E-state index in [2.05, 4.69) is 24.8 Å². The standard InChI is InChI=1S/C12H17Cl2N/c1-3-7-15(4-2)12-6-5-10(9-13)8-11(12)14/h5-6,8H,3-4,7,9H2,1-2H3. The van der Waals surface area contributed by atoms with Crippen molar-refractivity contribution >= 4 is 28.9 Å². The van der Waals surface area contributed by atoms with Crippen LogP contribution < -0.4 is 4.90 Å². The fourth-order valence-electron chi connectivity index (χ4n) is 1.61. The average Bonchev–Trinajstić information content (AvgIpc) is 2.26. The summed E-state index contributed by atoms with van der Waals surface area (Å²) < 4.78 is 0. The third-order valence-corrected chi connectivity index (χ3v) is 2.99. The van der Waals surface area contributed by atoms with Crippen LogP contribution in [0.3, 0.4) is 0 Å². The van der Waals surface area contributed by atoms with Gasteiger partial charge in [-0.15, -0.1) is 11.6 Å². The van der Waals surface area contributed by atoms with Crippen LogP contribution in [0.2, 0.25) is 5.02 Å². The molecular weight excluding hydrogens is 229 g/mol. The van der Waals surface area contributed by atoms with E-state index in [4.69, 9.17) is 23.2 Å². The van der Waals surface area contributed by atoms with E-state index in [1.54, 1.807) is 0 Å². The second kappa shape index (κ2) is 6.24. The third-order valence-electron chi connectivity index (χ3n) is 2.38. The van der Waals surface area contributed by atoms with Crippen molar-refractivity contribution in [2.75, 3.05) is 18.0 Å². The van der Waals surface area contributed by atoms with E-state index < -0.39 is 0 Å². The van der Waals surface area contributed by atoms with Crippen LogP contribution in [0.25, 0.3) is 0 Å². The van der Waals surface area contributed by atoms with Crippen molar-refractivity contribution in [1.82, 2.24) is 0 Å². The molecule has 0 N–H and O–H groups in total. The minimum absolute atomic E-state index is 0.514. The van der Waals surface area contributed by atoms with Crippen molar-refractivity contribution in [3.05, 3.63) is 28.8 Å². The van der Waals surface area contributed by atoms with Gasteiger partial charge in [0.25, 0.3) is 0 Å². The Morgan fingerprint density at radius 2 is 2.00 bits per heavy atom. The van der Waals surface area contributed by atoms with Crippen LogP contribution in [0.1, 0.15) is 25.8 Å². The molecule has 15 heavy (non-hydrogen) atoms. The Balaban J connectivity index is 2.92. The molecule has 0 aliphatic carbocycles. The summed E-state index contributed by atoms with van der Waals surface area (Å²) in [7, 11) is 0. The molecule has 0 radical (unpaired) electrons. The summed E-state index contributed by atoms with van der Waals surface area (Å²) in [5.41, 5.74) is 2.17. The predicted octanol–water partition coefficient (Wildman–Crippen LogP) is 4.32. The molecule has 0 atom stereocenters. The Bertz CT molecular complexity index is 312. The lowest BCUT2D eigenvalue weighted by Crippen LogP contribution is -2.23. The van der Waals surface area contributed by atoms with Gasteiger partial charge in [-0.2, -0.15) is 0 Å². The molecule has 1 aromatic rings. The van der Waals surface area contributed by atoms with E-state index in [1.807, 2.05) is 12.1 Å². The first-order valence-corrected chi connectivity index (χ1v) is 6.23. The smallest absolute Gasteiger partial charge is 0.0642 e. The maximum atomic E-state index is 6.22. The molecule has 0 aliphatic heterocycles. The first-order chi connectivity index (χ1) is 7.22.